The summed E-state index contributed by atoms with van der Waals surface area (Å²) in [4.78, 5) is 30.1. The zero-order chi connectivity index (χ0) is 12.0. The van der Waals surface area contributed by atoms with Crippen molar-refractivity contribution >= 4 is 23.6 Å². The molecule has 0 atom stereocenters. The highest BCUT2D eigenvalue weighted by Crippen LogP contribution is 2.16. The molecule has 1 aromatic heterocycles. The Bertz CT molecular complexity index is 397. The number of hydrogen-bond acceptors (Lipinski definition) is 5. The third-order valence-electron chi connectivity index (χ3n) is 1.57. The second kappa shape index (κ2) is 6.09. The average molecular weight is 242 g/mol. The maximum atomic E-state index is 11.5. The third-order valence-corrected chi connectivity index (χ3v) is 2.28. The Balaban J connectivity index is 2.62. The maximum absolute atomic E-state index is 11.5. The molecule has 0 fully saturated rings. The van der Waals surface area contributed by atoms with Crippen molar-refractivity contribution in [1.29, 1.82) is 0 Å². The van der Waals surface area contributed by atoms with Crippen LogP contribution in [0.5, 0.6) is 0 Å². The molecule has 16 heavy (non-hydrogen) atoms. The Morgan fingerprint density at radius 2 is 2.38 bits per heavy atom. The first-order valence-electron chi connectivity index (χ1n) is 4.28. The molecule has 6 nitrogen and oxygen atoms in total. The highest BCUT2D eigenvalue weighted by Gasteiger charge is 2.11. The topological polar surface area (TPSA) is 88.5 Å². The average Bonchev–Trinajstić information content (AvgIpc) is 2.28. The van der Waals surface area contributed by atoms with Gasteiger partial charge in [0.2, 0.25) is 0 Å². The van der Waals surface area contributed by atoms with E-state index in [1.165, 1.54) is 11.8 Å². The van der Waals surface area contributed by atoms with Gasteiger partial charge in [0, 0.05) is 6.20 Å². The summed E-state index contributed by atoms with van der Waals surface area (Å²) in [5.41, 5.74) is 2.38. The van der Waals surface area contributed by atoms with Crippen molar-refractivity contribution in [1.82, 2.24) is 10.5 Å². The number of carboxylic acid groups (broad SMARTS) is 1. The van der Waals surface area contributed by atoms with Crippen LogP contribution in [0, 0.1) is 0 Å². The fourth-order valence-corrected chi connectivity index (χ4v) is 1.49. The predicted octanol–water partition coefficient (Wildman–Crippen LogP) is 0.549. The molecule has 1 heterocycles. The van der Waals surface area contributed by atoms with Crippen LogP contribution in [-0.4, -0.2) is 34.8 Å². The number of aromatic nitrogens is 1. The monoisotopic (exact) mass is 242 g/mol. The molecule has 0 aliphatic rings. The van der Waals surface area contributed by atoms with Gasteiger partial charge in [0.25, 0.3) is 5.91 Å². The van der Waals surface area contributed by atoms with E-state index in [9.17, 15) is 9.59 Å². The lowest BCUT2D eigenvalue weighted by molar-refractivity contribution is -0.144. The summed E-state index contributed by atoms with van der Waals surface area (Å²) < 4.78 is 0. The van der Waals surface area contributed by atoms with E-state index < -0.39 is 18.5 Å². The number of hydroxylamine groups is 1. The van der Waals surface area contributed by atoms with Gasteiger partial charge in [-0.25, -0.2) is 15.3 Å². The van der Waals surface area contributed by atoms with E-state index in [0.29, 0.717) is 10.6 Å². The van der Waals surface area contributed by atoms with E-state index in [-0.39, 0.29) is 0 Å². The fraction of sp³-hybridized carbons (Fsp3) is 0.222. The normalized spacial score (nSPS) is 9.81. The van der Waals surface area contributed by atoms with Gasteiger partial charge in [-0.2, -0.15) is 0 Å². The fourth-order valence-electron chi connectivity index (χ4n) is 0.945. The van der Waals surface area contributed by atoms with Gasteiger partial charge in [-0.1, -0.05) is 0 Å². The van der Waals surface area contributed by atoms with Gasteiger partial charge in [-0.05, 0) is 18.4 Å². The highest BCUT2D eigenvalue weighted by atomic mass is 32.2. The van der Waals surface area contributed by atoms with Gasteiger partial charge in [0.1, 0.15) is 5.03 Å². The number of hydrogen-bond donors (Lipinski definition) is 2. The summed E-state index contributed by atoms with van der Waals surface area (Å²) in [5.74, 6) is -1.67. The molecule has 0 spiro atoms. The van der Waals surface area contributed by atoms with Gasteiger partial charge in [-0.3, -0.25) is 9.63 Å². The Kier molecular flexibility index (Phi) is 4.74. The number of thioether (sulfide) groups is 1. The molecule has 0 saturated carbocycles. The molecule has 2 N–H and O–H groups in total. The van der Waals surface area contributed by atoms with E-state index >= 15 is 0 Å². The summed E-state index contributed by atoms with van der Waals surface area (Å²) in [7, 11) is 0. The second-order valence-electron chi connectivity index (χ2n) is 2.67. The van der Waals surface area contributed by atoms with E-state index in [2.05, 4.69) is 9.82 Å². The van der Waals surface area contributed by atoms with Gasteiger partial charge in [0.05, 0.1) is 5.56 Å². The minimum atomic E-state index is -1.16. The number of nitrogens with one attached hydrogen (secondary N) is 1. The van der Waals surface area contributed by atoms with Crippen LogP contribution in [0.3, 0.4) is 0 Å². The van der Waals surface area contributed by atoms with E-state index in [1.807, 2.05) is 5.48 Å². The summed E-state index contributed by atoms with van der Waals surface area (Å²) in [5, 5.41) is 8.86. The molecule has 1 amide bonds. The third kappa shape index (κ3) is 3.52. The Hall–Kier alpha value is -1.60. The Morgan fingerprint density at radius 3 is 3.00 bits per heavy atom. The second-order valence-corrected chi connectivity index (χ2v) is 3.47. The largest absolute Gasteiger partial charge is 0.479 e. The van der Waals surface area contributed by atoms with E-state index in [1.54, 1.807) is 24.6 Å². The van der Waals surface area contributed by atoms with Crippen LogP contribution in [0.25, 0.3) is 0 Å². The molecule has 0 aromatic carbocycles. The lowest BCUT2D eigenvalue weighted by Gasteiger charge is -2.06. The van der Waals surface area contributed by atoms with Crippen molar-refractivity contribution in [2.75, 3.05) is 12.9 Å². The number of carbonyl (C=O) groups is 2. The van der Waals surface area contributed by atoms with E-state index in [0.717, 1.165) is 0 Å². The number of rotatable bonds is 5. The Morgan fingerprint density at radius 1 is 1.62 bits per heavy atom. The number of nitrogens with zero attached hydrogens (tertiary/aromatic N) is 1. The summed E-state index contributed by atoms with van der Waals surface area (Å²) in [6, 6.07) is 3.20. The molecule has 0 radical (unpaired) electrons. The molecule has 86 valence electrons. The predicted molar refractivity (Wildman–Crippen MR) is 57.1 cm³/mol. The molecule has 0 bridgehead atoms. The van der Waals surface area contributed by atoms with Crippen LogP contribution in [0.1, 0.15) is 10.4 Å². The zero-order valence-corrected chi connectivity index (χ0v) is 9.28. The number of aliphatic carboxylic acids is 1. The first-order valence-corrected chi connectivity index (χ1v) is 5.50. The SMILES string of the molecule is CSc1ncccc1C(=O)NOCC(=O)O. The van der Waals surface area contributed by atoms with Crippen LogP contribution in [0.2, 0.25) is 0 Å². The molecule has 0 saturated heterocycles. The zero-order valence-electron chi connectivity index (χ0n) is 8.47. The van der Waals surface area contributed by atoms with E-state index in [4.69, 9.17) is 5.11 Å². The van der Waals surface area contributed by atoms with Crippen molar-refractivity contribution in [2.24, 2.45) is 0 Å². The van der Waals surface area contributed by atoms with Gasteiger partial charge in [0.15, 0.2) is 6.61 Å². The molecule has 0 aliphatic carbocycles. The number of pyridine rings is 1. The van der Waals surface area contributed by atoms with Crippen molar-refractivity contribution in [3.05, 3.63) is 23.9 Å². The van der Waals surface area contributed by atoms with Crippen molar-refractivity contribution in [3.63, 3.8) is 0 Å². The lowest BCUT2D eigenvalue weighted by atomic mass is 10.3. The van der Waals surface area contributed by atoms with Crippen LogP contribution >= 0.6 is 11.8 Å². The lowest BCUT2D eigenvalue weighted by Crippen LogP contribution is -2.27. The first-order chi connectivity index (χ1) is 7.65. The number of carboxylic acids is 1. The maximum Gasteiger partial charge on any atom is 0.332 e. The standard InChI is InChI=1S/C9H10N2O4S/c1-16-9-6(3-2-4-10-9)8(14)11-15-5-7(12)13/h2-4H,5H2,1H3,(H,11,14)(H,12,13). The minimum absolute atomic E-state index is 0.348. The van der Waals surface area contributed by atoms with Gasteiger partial charge in [-0.15, -0.1) is 11.8 Å². The molecule has 7 heteroatoms. The molecule has 0 unspecified atom stereocenters. The summed E-state index contributed by atoms with van der Waals surface area (Å²) >= 11 is 1.32. The summed E-state index contributed by atoms with van der Waals surface area (Å²) in [6.07, 6.45) is 3.36. The van der Waals surface area contributed by atoms with Crippen molar-refractivity contribution in [3.8, 4) is 0 Å². The first kappa shape index (κ1) is 12.5. The van der Waals surface area contributed by atoms with Gasteiger partial charge >= 0.3 is 5.97 Å². The van der Waals surface area contributed by atoms with Gasteiger partial charge < -0.3 is 5.11 Å². The highest BCUT2D eigenvalue weighted by molar-refractivity contribution is 7.98. The van der Waals surface area contributed by atoms with Crippen LogP contribution in [0.15, 0.2) is 23.4 Å². The van der Waals surface area contributed by atoms with Crippen molar-refractivity contribution in [2.45, 2.75) is 5.03 Å². The molecule has 1 rings (SSSR count). The number of amides is 1. The smallest absolute Gasteiger partial charge is 0.332 e. The summed E-state index contributed by atoms with van der Waals surface area (Å²) in [6.45, 7) is -0.583. The quantitative estimate of drug-likeness (QED) is 0.579. The molecular formula is C9H10N2O4S. The minimum Gasteiger partial charge on any atom is -0.479 e. The van der Waals surface area contributed by atoms with Crippen molar-refractivity contribution < 1.29 is 19.5 Å². The number of carbonyl (C=O) groups excluding carboxylic acids is 1. The Labute approximate surface area is 96.0 Å². The van der Waals surface area contributed by atoms with Crippen LogP contribution in [-0.2, 0) is 9.63 Å². The van der Waals surface area contributed by atoms with Crippen LogP contribution in [0.4, 0.5) is 0 Å². The van der Waals surface area contributed by atoms with Crippen LogP contribution < -0.4 is 5.48 Å². The molecule has 1 aromatic rings. The molecule has 0 aliphatic heterocycles. The molecular weight excluding hydrogens is 232 g/mol.